The van der Waals surface area contributed by atoms with Gasteiger partial charge in [-0.25, -0.2) is 9.59 Å². The van der Waals surface area contributed by atoms with Gasteiger partial charge in [0.15, 0.2) is 18.3 Å². The van der Waals surface area contributed by atoms with Crippen LogP contribution in [0.4, 0.5) is 0 Å². The highest BCUT2D eigenvalue weighted by Gasteiger charge is 2.39. The van der Waals surface area contributed by atoms with Crippen LogP contribution in [0.15, 0.2) is 42.5 Å². The minimum Gasteiger partial charge on any atom is -0.497 e. The Morgan fingerprint density at radius 3 is 2.43 bits per heavy atom. The van der Waals surface area contributed by atoms with Crippen molar-refractivity contribution in [1.29, 1.82) is 0 Å². The molecule has 0 unspecified atom stereocenters. The van der Waals surface area contributed by atoms with Crippen LogP contribution in [0.2, 0.25) is 0 Å². The van der Waals surface area contributed by atoms with Crippen LogP contribution in [-0.4, -0.2) is 55.9 Å². The Labute approximate surface area is 173 Å². The standard InChI is InChI=1S/C21H22O9/c1-13(22)28-17-9-11-20(25)30-21(17)18(29-14(2)23)12-27-19(24)10-6-15-4-7-16(26-3)8-5-15/h4-11,17-18,21H,12H2,1-3H3/b10-6+/t17-,18-,21+/m1/s1. The van der Waals surface area contributed by atoms with Gasteiger partial charge in [-0.15, -0.1) is 0 Å². The zero-order chi connectivity index (χ0) is 22.1. The monoisotopic (exact) mass is 418 g/mol. The predicted octanol–water partition coefficient (Wildman–Crippen LogP) is 1.60. The van der Waals surface area contributed by atoms with Crippen molar-refractivity contribution in [3.05, 3.63) is 48.1 Å². The van der Waals surface area contributed by atoms with Crippen molar-refractivity contribution >= 4 is 30.0 Å². The smallest absolute Gasteiger partial charge is 0.331 e. The molecule has 0 saturated carbocycles. The first kappa shape index (κ1) is 22.7. The first-order chi connectivity index (χ1) is 14.3. The molecule has 1 aliphatic heterocycles. The van der Waals surface area contributed by atoms with E-state index in [1.807, 2.05) is 0 Å². The van der Waals surface area contributed by atoms with E-state index in [4.69, 9.17) is 23.7 Å². The molecule has 0 radical (unpaired) electrons. The van der Waals surface area contributed by atoms with Crippen molar-refractivity contribution in [1.82, 2.24) is 0 Å². The molecule has 0 spiro atoms. The first-order valence-corrected chi connectivity index (χ1v) is 9.00. The highest BCUT2D eigenvalue weighted by Crippen LogP contribution is 2.19. The number of benzene rings is 1. The fraction of sp³-hybridized carbons (Fsp3) is 0.333. The third kappa shape index (κ3) is 7.08. The summed E-state index contributed by atoms with van der Waals surface area (Å²) in [5, 5.41) is 0. The zero-order valence-electron chi connectivity index (χ0n) is 16.7. The van der Waals surface area contributed by atoms with Gasteiger partial charge in [-0.05, 0) is 29.8 Å². The molecule has 1 aromatic rings. The summed E-state index contributed by atoms with van der Waals surface area (Å²) in [6.07, 6.45) is 1.83. The number of cyclic esters (lactones) is 1. The normalized spacial score (nSPS) is 19.0. The molecule has 3 atom stereocenters. The maximum atomic E-state index is 12.1. The molecule has 0 aromatic heterocycles. The van der Waals surface area contributed by atoms with Gasteiger partial charge >= 0.3 is 23.9 Å². The molecule has 0 aliphatic carbocycles. The Bertz CT molecular complexity index is 839. The zero-order valence-corrected chi connectivity index (χ0v) is 16.7. The summed E-state index contributed by atoms with van der Waals surface area (Å²) in [5.74, 6) is -2.03. The minimum absolute atomic E-state index is 0.408. The van der Waals surface area contributed by atoms with E-state index in [1.54, 1.807) is 31.4 Å². The van der Waals surface area contributed by atoms with E-state index in [2.05, 4.69) is 0 Å². The third-order valence-electron chi connectivity index (χ3n) is 3.90. The lowest BCUT2D eigenvalue weighted by Gasteiger charge is -2.32. The van der Waals surface area contributed by atoms with E-state index < -0.39 is 48.8 Å². The highest BCUT2D eigenvalue weighted by molar-refractivity contribution is 5.87. The number of rotatable bonds is 8. The van der Waals surface area contributed by atoms with E-state index in [-0.39, 0.29) is 0 Å². The largest absolute Gasteiger partial charge is 0.497 e. The number of carbonyl (C=O) groups is 4. The van der Waals surface area contributed by atoms with E-state index in [9.17, 15) is 19.2 Å². The number of hydrogen-bond donors (Lipinski definition) is 0. The van der Waals surface area contributed by atoms with Gasteiger partial charge in [0.25, 0.3) is 0 Å². The van der Waals surface area contributed by atoms with Crippen LogP contribution < -0.4 is 4.74 Å². The maximum absolute atomic E-state index is 12.1. The number of carbonyl (C=O) groups excluding carboxylic acids is 4. The summed E-state index contributed by atoms with van der Waals surface area (Å²) in [7, 11) is 1.55. The molecule has 0 N–H and O–H groups in total. The Morgan fingerprint density at radius 2 is 1.83 bits per heavy atom. The van der Waals surface area contributed by atoms with Crippen molar-refractivity contribution in [2.75, 3.05) is 13.7 Å². The molecule has 9 nitrogen and oxygen atoms in total. The summed E-state index contributed by atoms with van der Waals surface area (Å²) in [5.41, 5.74) is 0.741. The molecule has 9 heteroatoms. The quantitative estimate of drug-likeness (QED) is 0.353. The van der Waals surface area contributed by atoms with Crippen LogP contribution in [0.1, 0.15) is 19.4 Å². The topological polar surface area (TPSA) is 114 Å². The van der Waals surface area contributed by atoms with Crippen molar-refractivity contribution in [3.8, 4) is 5.75 Å². The van der Waals surface area contributed by atoms with Gasteiger partial charge in [0.1, 0.15) is 12.4 Å². The average molecular weight is 418 g/mol. The molecule has 0 amide bonds. The summed E-state index contributed by atoms with van der Waals surface area (Å²) in [4.78, 5) is 46.4. The van der Waals surface area contributed by atoms with Crippen LogP contribution >= 0.6 is 0 Å². The second-order valence-electron chi connectivity index (χ2n) is 6.22. The van der Waals surface area contributed by atoms with Gasteiger partial charge in [-0.2, -0.15) is 0 Å². The van der Waals surface area contributed by atoms with Gasteiger partial charge in [0, 0.05) is 26.0 Å². The highest BCUT2D eigenvalue weighted by atomic mass is 16.6. The van der Waals surface area contributed by atoms with Crippen molar-refractivity contribution < 1.29 is 42.9 Å². The van der Waals surface area contributed by atoms with Crippen molar-refractivity contribution in [3.63, 3.8) is 0 Å². The molecule has 1 aliphatic rings. The second kappa shape index (κ2) is 10.8. The maximum Gasteiger partial charge on any atom is 0.331 e. The summed E-state index contributed by atoms with van der Waals surface area (Å²) in [6.45, 7) is 1.93. The Hall–Kier alpha value is -3.62. The van der Waals surface area contributed by atoms with Gasteiger partial charge in [0.2, 0.25) is 0 Å². The summed E-state index contributed by atoms with van der Waals surface area (Å²) >= 11 is 0. The van der Waals surface area contributed by atoms with Gasteiger partial charge in [-0.3, -0.25) is 9.59 Å². The Morgan fingerprint density at radius 1 is 1.13 bits per heavy atom. The molecule has 0 bridgehead atoms. The average Bonchev–Trinajstić information content (AvgIpc) is 2.70. The van der Waals surface area contributed by atoms with Crippen molar-refractivity contribution in [2.24, 2.45) is 0 Å². The second-order valence-corrected chi connectivity index (χ2v) is 6.22. The fourth-order valence-electron chi connectivity index (χ4n) is 2.61. The van der Waals surface area contributed by atoms with E-state index in [1.165, 1.54) is 25.2 Å². The van der Waals surface area contributed by atoms with Crippen LogP contribution in [0.3, 0.4) is 0 Å². The SMILES string of the molecule is COc1ccc(/C=C/C(=O)OC[C@@H](OC(C)=O)[C@H]2OC(=O)C=C[C@H]2OC(C)=O)cc1. The molecule has 160 valence electrons. The van der Waals surface area contributed by atoms with Gasteiger partial charge < -0.3 is 23.7 Å². The Kier molecular flexibility index (Phi) is 8.16. The van der Waals surface area contributed by atoms with Crippen LogP contribution in [0.5, 0.6) is 5.75 Å². The minimum atomic E-state index is -1.17. The first-order valence-electron chi connectivity index (χ1n) is 9.00. The molecule has 2 rings (SSSR count). The molecular weight excluding hydrogens is 396 g/mol. The van der Waals surface area contributed by atoms with Crippen molar-refractivity contribution in [2.45, 2.75) is 32.2 Å². The van der Waals surface area contributed by atoms with Gasteiger partial charge in [-0.1, -0.05) is 12.1 Å². The van der Waals surface area contributed by atoms with E-state index in [0.29, 0.717) is 5.75 Å². The van der Waals surface area contributed by atoms with Gasteiger partial charge in [0.05, 0.1) is 7.11 Å². The number of methoxy groups -OCH3 is 1. The van der Waals surface area contributed by atoms with E-state index >= 15 is 0 Å². The fourth-order valence-corrected chi connectivity index (χ4v) is 2.61. The van der Waals surface area contributed by atoms with Crippen LogP contribution in [-0.2, 0) is 38.1 Å². The molecule has 0 fully saturated rings. The number of esters is 4. The number of hydrogen-bond acceptors (Lipinski definition) is 9. The summed E-state index contributed by atoms with van der Waals surface area (Å²) in [6, 6.07) is 6.98. The lowest BCUT2D eigenvalue weighted by atomic mass is 10.1. The molecule has 1 heterocycles. The predicted molar refractivity (Wildman–Crippen MR) is 103 cm³/mol. The molecule has 0 saturated heterocycles. The molecular formula is C21H22O9. The summed E-state index contributed by atoms with van der Waals surface area (Å²) < 4.78 is 25.6. The van der Waals surface area contributed by atoms with Crippen LogP contribution in [0, 0.1) is 0 Å². The number of ether oxygens (including phenoxy) is 5. The van der Waals surface area contributed by atoms with E-state index in [0.717, 1.165) is 18.6 Å². The lowest BCUT2D eigenvalue weighted by Crippen LogP contribution is -2.48. The lowest BCUT2D eigenvalue weighted by molar-refractivity contribution is -0.185. The third-order valence-corrected chi connectivity index (χ3v) is 3.90. The molecule has 30 heavy (non-hydrogen) atoms. The Balaban J connectivity index is 2.04. The molecule has 1 aromatic carbocycles. The van der Waals surface area contributed by atoms with Crippen LogP contribution in [0.25, 0.3) is 6.08 Å².